The molecule has 0 aliphatic carbocycles. The Kier molecular flexibility index (Phi) is 8.01. The highest BCUT2D eigenvalue weighted by Gasteiger charge is 2.08. The lowest BCUT2D eigenvalue weighted by atomic mass is 10.2. The fraction of sp³-hybridized carbons (Fsp3) is 0.353. The first-order chi connectivity index (χ1) is 10.2. The number of nitrogens with one attached hydrogen (secondary N) is 1. The molecule has 1 aromatic heterocycles. The first kappa shape index (κ1) is 18.5. The van der Waals surface area contributed by atoms with Crippen LogP contribution in [-0.4, -0.2) is 29.0 Å². The highest BCUT2D eigenvalue weighted by molar-refractivity contribution is 14.0. The van der Waals surface area contributed by atoms with Gasteiger partial charge in [0.15, 0.2) is 5.96 Å². The van der Waals surface area contributed by atoms with Crippen LogP contribution in [0.15, 0.2) is 53.7 Å². The third-order valence-electron chi connectivity index (χ3n) is 3.40. The van der Waals surface area contributed by atoms with Crippen LogP contribution in [0.1, 0.15) is 18.2 Å². The Morgan fingerprint density at radius 1 is 1.18 bits per heavy atom. The molecule has 1 aromatic carbocycles. The topological polar surface area (TPSA) is 32.6 Å². The molecule has 4 nitrogen and oxygen atoms in total. The molecule has 0 atom stereocenters. The number of aliphatic imine (C=N–C) groups is 1. The van der Waals surface area contributed by atoms with Crippen molar-refractivity contribution in [3.63, 3.8) is 0 Å². The summed E-state index contributed by atoms with van der Waals surface area (Å²) >= 11 is 0. The number of hydrogen-bond acceptors (Lipinski definition) is 1. The fourth-order valence-electron chi connectivity index (χ4n) is 2.20. The molecule has 0 aliphatic rings. The van der Waals surface area contributed by atoms with E-state index >= 15 is 0 Å². The van der Waals surface area contributed by atoms with Gasteiger partial charge in [0, 0.05) is 32.5 Å². The number of hydrogen-bond donors (Lipinski definition) is 1. The highest BCUT2D eigenvalue weighted by Crippen LogP contribution is 2.05. The van der Waals surface area contributed by atoms with Gasteiger partial charge in [-0.1, -0.05) is 30.3 Å². The van der Waals surface area contributed by atoms with E-state index < -0.39 is 0 Å². The van der Waals surface area contributed by atoms with E-state index in [9.17, 15) is 0 Å². The van der Waals surface area contributed by atoms with E-state index in [-0.39, 0.29) is 24.0 Å². The van der Waals surface area contributed by atoms with Crippen LogP contribution in [0, 0.1) is 0 Å². The zero-order valence-electron chi connectivity index (χ0n) is 13.5. The van der Waals surface area contributed by atoms with E-state index in [0.717, 1.165) is 19.0 Å². The molecule has 0 fully saturated rings. The van der Waals surface area contributed by atoms with E-state index in [1.165, 1.54) is 11.3 Å². The summed E-state index contributed by atoms with van der Waals surface area (Å²) in [6.07, 6.45) is 2.07. The van der Waals surface area contributed by atoms with Crippen molar-refractivity contribution in [1.29, 1.82) is 0 Å². The zero-order chi connectivity index (χ0) is 15.1. The average Bonchev–Trinajstić information content (AvgIpc) is 2.89. The lowest BCUT2D eigenvalue weighted by Crippen LogP contribution is -2.38. The third kappa shape index (κ3) is 5.36. The molecule has 2 aromatic rings. The van der Waals surface area contributed by atoms with E-state index in [2.05, 4.69) is 66.3 Å². The second-order valence-corrected chi connectivity index (χ2v) is 5.12. The number of nitrogens with zero attached hydrogens (tertiary/aromatic N) is 3. The van der Waals surface area contributed by atoms with Crippen LogP contribution in [0.25, 0.3) is 0 Å². The first-order valence-electron chi connectivity index (χ1n) is 7.34. The average molecular weight is 412 g/mol. The molecule has 0 aliphatic heterocycles. The van der Waals surface area contributed by atoms with Crippen molar-refractivity contribution in [1.82, 2.24) is 14.8 Å². The molecule has 120 valence electrons. The summed E-state index contributed by atoms with van der Waals surface area (Å²) in [5.74, 6) is 0.933. The maximum absolute atomic E-state index is 4.72. The maximum Gasteiger partial charge on any atom is 0.194 e. The Morgan fingerprint density at radius 3 is 2.50 bits per heavy atom. The Hall–Kier alpha value is -1.50. The normalized spacial score (nSPS) is 11.0. The van der Waals surface area contributed by atoms with E-state index in [4.69, 9.17) is 4.99 Å². The van der Waals surface area contributed by atoms with Gasteiger partial charge >= 0.3 is 0 Å². The van der Waals surface area contributed by atoms with Gasteiger partial charge in [-0.05, 0) is 24.6 Å². The van der Waals surface area contributed by atoms with Crippen LogP contribution in [-0.2, 0) is 20.1 Å². The SMILES string of the molecule is CCNC(=NCc1ccccc1)N(C)Cc1cccn1C.I. The predicted molar refractivity (Wildman–Crippen MR) is 104 cm³/mol. The largest absolute Gasteiger partial charge is 0.357 e. The van der Waals surface area contributed by atoms with Crippen molar-refractivity contribution in [3.05, 3.63) is 59.9 Å². The molecule has 0 saturated heterocycles. The van der Waals surface area contributed by atoms with Gasteiger partial charge in [0.1, 0.15) is 0 Å². The Balaban J connectivity index is 0.00000242. The van der Waals surface area contributed by atoms with Crippen molar-refractivity contribution in [2.75, 3.05) is 13.6 Å². The molecule has 0 amide bonds. The number of rotatable bonds is 5. The third-order valence-corrected chi connectivity index (χ3v) is 3.40. The molecular formula is C17H25IN4. The molecule has 5 heteroatoms. The zero-order valence-corrected chi connectivity index (χ0v) is 15.8. The summed E-state index contributed by atoms with van der Waals surface area (Å²) in [6, 6.07) is 14.5. The molecular weight excluding hydrogens is 387 g/mol. The lowest BCUT2D eigenvalue weighted by Gasteiger charge is -2.22. The standard InChI is InChI=1S/C17H24N4.HI/c1-4-18-17(19-13-15-9-6-5-7-10-15)21(3)14-16-11-8-12-20(16)2;/h5-12H,4,13-14H2,1-3H3,(H,18,19);1H. The smallest absolute Gasteiger partial charge is 0.194 e. The molecule has 2 rings (SSSR count). The lowest BCUT2D eigenvalue weighted by molar-refractivity contribution is 0.462. The molecule has 0 saturated carbocycles. The molecule has 0 spiro atoms. The van der Waals surface area contributed by atoms with Gasteiger partial charge in [-0.15, -0.1) is 24.0 Å². The first-order valence-corrected chi connectivity index (χ1v) is 7.34. The monoisotopic (exact) mass is 412 g/mol. The number of aryl methyl sites for hydroxylation is 1. The van der Waals surface area contributed by atoms with Crippen LogP contribution in [0.3, 0.4) is 0 Å². The summed E-state index contributed by atoms with van der Waals surface area (Å²) in [7, 11) is 4.14. The number of halogens is 1. The van der Waals surface area contributed by atoms with Crippen molar-refractivity contribution < 1.29 is 0 Å². The van der Waals surface area contributed by atoms with Crippen LogP contribution >= 0.6 is 24.0 Å². The number of guanidine groups is 1. The summed E-state index contributed by atoms with van der Waals surface area (Å²) in [5.41, 5.74) is 2.49. The minimum atomic E-state index is 0. The van der Waals surface area contributed by atoms with Crippen molar-refractivity contribution >= 4 is 29.9 Å². The molecule has 0 bridgehead atoms. The second kappa shape index (κ2) is 9.50. The summed E-state index contributed by atoms with van der Waals surface area (Å²) in [4.78, 5) is 6.87. The van der Waals surface area contributed by atoms with Crippen LogP contribution < -0.4 is 5.32 Å². The minimum absolute atomic E-state index is 0. The summed E-state index contributed by atoms with van der Waals surface area (Å²) in [5, 5.41) is 3.35. The predicted octanol–water partition coefficient (Wildman–Crippen LogP) is 3.24. The molecule has 0 radical (unpaired) electrons. The number of benzene rings is 1. The van der Waals surface area contributed by atoms with Gasteiger partial charge in [0.2, 0.25) is 0 Å². The maximum atomic E-state index is 4.72. The van der Waals surface area contributed by atoms with E-state index in [1.54, 1.807) is 0 Å². The summed E-state index contributed by atoms with van der Waals surface area (Å²) in [6.45, 7) is 4.49. The van der Waals surface area contributed by atoms with Crippen LogP contribution in [0.5, 0.6) is 0 Å². The van der Waals surface area contributed by atoms with Crippen molar-refractivity contribution in [3.8, 4) is 0 Å². The molecule has 1 heterocycles. The van der Waals surface area contributed by atoms with Gasteiger partial charge in [0.05, 0.1) is 13.1 Å². The van der Waals surface area contributed by atoms with Gasteiger partial charge in [-0.25, -0.2) is 4.99 Å². The van der Waals surface area contributed by atoms with Gasteiger partial charge in [-0.2, -0.15) is 0 Å². The van der Waals surface area contributed by atoms with Crippen LogP contribution in [0.2, 0.25) is 0 Å². The number of aromatic nitrogens is 1. The van der Waals surface area contributed by atoms with E-state index in [0.29, 0.717) is 6.54 Å². The van der Waals surface area contributed by atoms with E-state index in [1.807, 2.05) is 18.2 Å². The Labute approximate surface area is 150 Å². The van der Waals surface area contributed by atoms with Gasteiger partial charge in [-0.3, -0.25) is 0 Å². The molecule has 1 N–H and O–H groups in total. The van der Waals surface area contributed by atoms with Crippen LogP contribution in [0.4, 0.5) is 0 Å². The highest BCUT2D eigenvalue weighted by atomic mass is 127. The Bertz CT molecular complexity index is 577. The van der Waals surface area contributed by atoms with Crippen molar-refractivity contribution in [2.24, 2.45) is 12.0 Å². The second-order valence-electron chi connectivity index (χ2n) is 5.12. The fourth-order valence-corrected chi connectivity index (χ4v) is 2.20. The quantitative estimate of drug-likeness (QED) is 0.465. The summed E-state index contributed by atoms with van der Waals surface area (Å²) < 4.78 is 2.14. The van der Waals surface area contributed by atoms with Crippen molar-refractivity contribution in [2.45, 2.75) is 20.0 Å². The minimum Gasteiger partial charge on any atom is -0.357 e. The Morgan fingerprint density at radius 2 is 1.91 bits per heavy atom. The van der Waals surface area contributed by atoms with Gasteiger partial charge < -0.3 is 14.8 Å². The molecule has 22 heavy (non-hydrogen) atoms. The van der Waals surface area contributed by atoms with Gasteiger partial charge in [0.25, 0.3) is 0 Å². The molecule has 0 unspecified atom stereocenters.